The normalized spacial score (nSPS) is 9.80. The standard InChI is InChI=1S/C7H9NO2/c1-8-3-2-7(10)4-6(8)5-9/h2-4,9H,5H2,1H3. The van der Waals surface area contributed by atoms with E-state index in [1.54, 1.807) is 17.8 Å². The summed E-state index contributed by atoms with van der Waals surface area (Å²) in [7, 11) is 1.78. The molecule has 1 heterocycles. The Morgan fingerprint density at radius 1 is 1.70 bits per heavy atom. The molecule has 0 atom stereocenters. The molecule has 0 unspecified atom stereocenters. The van der Waals surface area contributed by atoms with E-state index in [0.29, 0.717) is 5.69 Å². The van der Waals surface area contributed by atoms with Crippen molar-refractivity contribution in [2.75, 3.05) is 0 Å². The molecular formula is C7H9NO2. The highest BCUT2D eigenvalue weighted by molar-refractivity contribution is 5.04. The second-order valence-electron chi connectivity index (χ2n) is 2.12. The van der Waals surface area contributed by atoms with Gasteiger partial charge < -0.3 is 9.67 Å². The van der Waals surface area contributed by atoms with Gasteiger partial charge in [0, 0.05) is 31.1 Å². The van der Waals surface area contributed by atoms with Crippen molar-refractivity contribution in [3.05, 3.63) is 34.2 Å². The highest BCUT2D eigenvalue weighted by atomic mass is 16.3. The van der Waals surface area contributed by atoms with Crippen LogP contribution in [0, 0.1) is 0 Å². The Morgan fingerprint density at radius 3 is 2.90 bits per heavy atom. The largest absolute Gasteiger partial charge is 0.390 e. The van der Waals surface area contributed by atoms with Crippen LogP contribution in [0.2, 0.25) is 0 Å². The van der Waals surface area contributed by atoms with Gasteiger partial charge in [-0.2, -0.15) is 0 Å². The zero-order valence-corrected chi connectivity index (χ0v) is 5.74. The molecule has 0 bridgehead atoms. The summed E-state index contributed by atoms with van der Waals surface area (Å²) in [5.74, 6) is 0. The summed E-state index contributed by atoms with van der Waals surface area (Å²) in [6, 6.07) is 2.87. The Hall–Kier alpha value is -1.09. The zero-order valence-electron chi connectivity index (χ0n) is 5.74. The molecule has 0 aliphatic carbocycles. The highest BCUT2D eigenvalue weighted by Crippen LogP contribution is 1.91. The fourth-order valence-electron chi connectivity index (χ4n) is 0.752. The lowest BCUT2D eigenvalue weighted by Gasteiger charge is -2.02. The van der Waals surface area contributed by atoms with E-state index in [9.17, 15) is 4.79 Å². The maximum atomic E-state index is 10.7. The number of aromatic nitrogens is 1. The van der Waals surface area contributed by atoms with Gasteiger partial charge in [0.1, 0.15) is 0 Å². The van der Waals surface area contributed by atoms with Gasteiger partial charge in [0.2, 0.25) is 0 Å². The molecule has 3 heteroatoms. The molecule has 1 aromatic rings. The van der Waals surface area contributed by atoms with Crippen molar-refractivity contribution < 1.29 is 5.11 Å². The van der Waals surface area contributed by atoms with Gasteiger partial charge in [0.05, 0.1) is 6.61 Å². The van der Waals surface area contributed by atoms with Crippen molar-refractivity contribution in [3.63, 3.8) is 0 Å². The Morgan fingerprint density at radius 2 is 2.40 bits per heavy atom. The molecule has 1 N–H and O–H groups in total. The van der Waals surface area contributed by atoms with Gasteiger partial charge in [-0.15, -0.1) is 0 Å². The smallest absolute Gasteiger partial charge is 0.181 e. The van der Waals surface area contributed by atoms with Crippen molar-refractivity contribution in [1.29, 1.82) is 0 Å². The Kier molecular flexibility index (Phi) is 1.87. The van der Waals surface area contributed by atoms with Gasteiger partial charge >= 0.3 is 0 Å². The quantitative estimate of drug-likeness (QED) is 0.589. The summed E-state index contributed by atoms with van der Waals surface area (Å²) in [5.41, 5.74) is 0.564. The first-order chi connectivity index (χ1) is 4.74. The third-order valence-electron chi connectivity index (χ3n) is 1.39. The van der Waals surface area contributed by atoms with Crippen LogP contribution in [0.15, 0.2) is 23.1 Å². The molecule has 0 aliphatic rings. The predicted molar refractivity (Wildman–Crippen MR) is 37.6 cm³/mol. The fourth-order valence-corrected chi connectivity index (χ4v) is 0.752. The summed E-state index contributed by atoms with van der Waals surface area (Å²) in [5, 5.41) is 8.68. The number of nitrogens with zero attached hydrogens (tertiary/aromatic N) is 1. The van der Waals surface area contributed by atoms with Gasteiger partial charge in [-0.3, -0.25) is 4.79 Å². The van der Waals surface area contributed by atoms with Crippen molar-refractivity contribution in [3.8, 4) is 0 Å². The molecule has 10 heavy (non-hydrogen) atoms. The highest BCUT2D eigenvalue weighted by Gasteiger charge is 1.92. The first kappa shape index (κ1) is 7.02. The van der Waals surface area contributed by atoms with E-state index >= 15 is 0 Å². The molecule has 0 aliphatic heterocycles. The molecule has 3 nitrogen and oxygen atoms in total. The summed E-state index contributed by atoms with van der Waals surface area (Å²) < 4.78 is 1.71. The first-order valence-electron chi connectivity index (χ1n) is 3.00. The van der Waals surface area contributed by atoms with E-state index in [-0.39, 0.29) is 12.0 Å². The van der Waals surface area contributed by atoms with Crippen molar-refractivity contribution in [1.82, 2.24) is 4.57 Å². The molecule has 54 valence electrons. The Labute approximate surface area is 58.5 Å². The third-order valence-corrected chi connectivity index (χ3v) is 1.39. The van der Waals surface area contributed by atoms with Crippen molar-refractivity contribution >= 4 is 0 Å². The molecular weight excluding hydrogens is 130 g/mol. The molecule has 0 amide bonds. The van der Waals surface area contributed by atoms with E-state index in [4.69, 9.17) is 5.11 Å². The Bertz CT molecular complexity index is 277. The minimum absolute atomic E-state index is 0.0675. The molecule has 0 spiro atoms. The van der Waals surface area contributed by atoms with Crippen LogP contribution in [0.5, 0.6) is 0 Å². The second-order valence-corrected chi connectivity index (χ2v) is 2.12. The molecule has 0 saturated carbocycles. The van der Waals surface area contributed by atoms with Gasteiger partial charge in [-0.1, -0.05) is 0 Å². The molecule has 0 radical (unpaired) electrons. The second kappa shape index (κ2) is 2.66. The van der Waals surface area contributed by atoms with Gasteiger partial charge in [0.15, 0.2) is 5.43 Å². The van der Waals surface area contributed by atoms with Crippen LogP contribution in [0.3, 0.4) is 0 Å². The molecule has 0 saturated heterocycles. The maximum Gasteiger partial charge on any atom is 0.181 e. The maximum absolute atomic E-state index is 10.7. The van der Waals surface area contributed by atoms with Crippen LogP contribution in [-0.4, -0.2) is 9.67 Å². The van der Waals surface area contributed by atoms with Gasteiger partial charge in [-0.25, -0.2) is 0 Å². The van der Waals surface area contributed by atoms with E-state index in [0.717, 1.165) is 0 Å². The number of hydrogen-bond donors (Lipinski definition) is 1. The minimum atomic E-state index is -0.0907. The number of aryl methyl sites for hydroxylation is 1. The summed E-state index contributed by atoms with van der Waals surface area (Å²) in [4.78, 5) is 10.7. The van der Waals surface area contributed by atoms with Crippen LogP contribution < -0.4 is 5.43 Å². The topological polar surface area (TPSA) is 42.2 Å². The number of rotatable bonds is 1. The summed E-state index contributed by atoms with van der Waals surface area (Å²) in [6.45, 7) is -0.0907. The monoisotopic (exact) mass is 139 g/mol. The van der Waals surface area contributed by atoms with E-state index < -0.39 is 0 Å². The number of pyridine rings is 1. The summed E-state index contributed by atoms with van der Waals surface area (Å²) >= 11 is 0. The van der Waals surface area contributed by atoms with Crippen LogP contribution >= 0.6 is 0 Å². The van der Waals surface area contributed by atoms with E-state index in [2.05, 4.69) is 0 Å². The third kappa shape index (κ3) is 1.25. The lowest BCUT2D eigenvalue weighted by molar-refractivity contribution is 0.271. The van der Waals surface area contributed by atoms with Gasteiger partial charge in [0.25, 0.3) is 0 Å². The van der Waals surface area contributed by atoms with Crippen LogP contribution in [0.1, 0.15) is 5.69 Å². The molecule has 0 aromatic carbocycles. The zero-order chi connectivity index (χ0) is 7.56. The number of hydrogen-bond acceptors (Lipinski definition) is 2. The lowest BCUT2D eigenvalue weighted by atomic mass is 10.3. The van der Waals surface area contributed by atoms with E-state index in [1.165, 1.54) is 12.1 Å². The van der Waals surface area contributed by atoms with Gasteiger partial charge in [-0.05, 0) is 0 Å². The van der Waals surface area contributed by atoms with Crippen molar-refractivity contribution in [2.24, 2.45) is 7.05 Å². The van der Waals surface area contributed by atoms with Crippen LogP contribution in [-0.2, 0) is 13.7 Å². The summed E-state index contributed by atoms with van der Waals surface area (Å²) in [6.07, 6.45) is 1.63. The lowest BCUT2D eigenvalue weighted by Crippen LogP contribution is -2.07. The van der Waals surface area contributed by atoms with Crippen LogP contribution in [0.25, 0.3) is 0 Å². The fraction of sp³-hybridized carbons (Fsp3) is 0.286. The van der Waals surface area contributed by atoms with Crippen molar-refractivity contribution in [2.45, 2.75) is 6.61 Å². The average Bonchev–Trinajstić information content (AvgIpc) is 1.94. The van der Waals surface area contributed by atoms with E-state index in [1.807, 2.05) is 0 Å². The average molecular weight is 139 g/mol. The predicted octanol–water partition coefficient (Wildman–Crippen LogP) is -0.122. The van der Waals surface area contributed by atoms with Crippen LogP contribution in [0.4, 0.5) is 0 Å². The Balaban J connectivity index is 3.22. The molecule has 1 aromatic heterocycles. The number of aliphatic hydroxyl groups is 1. The SMILES string of the molecule is Cn1ccc(=O)cc1CO. The first-order valence-corrected chi connectivity index (χ1v) is 3.00. The number of aliphatic hydroxyl groups excluding tert-OH is 1. The minimum Gasteiger partial charge on any atom is -0.390 e. The molecule has 1 rings (SSSR count). The molecule has 0 fully saturated rings.